The molecule has 3 rings (SSSR count). The number of nitrogens with zero attached hydrogens (tertiary/aromatic N) is 3. The Labute approximate surface area is 150 Å². The third kappa shape index (κ3) is 4.12. The number of carbonyl (C=O) groups is 1. The van der Waals surface area contributed by atoms with Gasteiger partial charge in [-0.3, -0.25) is 4.79 Å². The first-order valence-corrected chi connectivity index (χ1v) is 9.55. The molecule has 0 saturated carbocycles. The summed E-state index contributed by atoms with van der Waals surface area (Å²) in [4.78, 5) is 19.5. The topological polar surface area (TPSA) is 38.1 Å². The van der Waals surface area contributed by atoms with Crippen LogP contribution >= 0.6 is 0 Å². The SMILES string of the molecule is CCc1nccn1C(C)C1CCCCN1C(=O)CCc1ccccc1. The van der Waals surface area contributed by atoms with Crippen LogP contribution in [0.15, 0.2) is 42.7 Å². The second kappa shape index (κ2) is 8.32. The number of piperidine rings is 1. The molecule has 2 aromatic rings. The van der Waals surface area contributed by atoms with Crippen molar-refractivity contribution in [3.63, 3.8) is 0 Å². The molecule has 1 aromatic carbocycles. The van der Waals surface area contributed by atoms with Gasteiger partial charge >= 0.3 is 0 Å². The van der Waals surface area contributed by atoms with E-state index in [9.17, 15) is 4.79 Å². The number of imidazole rings is 1. The number of aromatic nitrogens is 2. The van der Waals surface area contributed by atoms with Gasteiger partial charge in [-0.2, -0.15) is 0 Å². The number of hydrogen-bond acceptors (Lipinski definition) is 2. The van der Waals surface area contributed by atoms with Crippen LogP contribution in [0.5, 0.6) is 0 Å². The van der Waals surface area contributed by atoms with Crippen molar-refractivity contribution in [2.75, 3.05) is 6.54 Å². The van der Waals surface area contributed by atoms with Crippen LogP contribution < -0.4 is 0 Å². The highest BCUT2D eigenvalue weighted by atomic mass is 16.2. The zero-order chi connectivity index (χ0) is 17.6. The lowest BCUT2D eigenvalue weighted by Crippen LogP contribution is -2.47. The molecular weight excluding hydrogens is 310 g/mol. The molecule has 0 radical (unpaired) electrons. The second-order valence-electron chi connectivity index (χ2n) is 6.98. The van der Waals surface area contributed by atoms with E-state index in [1.165, 1.54) is 12.0 Å². The lowest BCUT2D eigenvalue weighted by molar-refractivity contribution is -0.135. The highest BCUT2D eigenvalue weighted by Crippen LogP contribution is 2.28. The van der Waals surface area contributed by atoms with E-state index in [1.807, 2.05) is 24.4 Å². The largest absolute Gasteiger partial charge is 0.338 e. The quantitative estimate of drug-likeness (QED) is 0.797. The maximum Gasteiger partial charge on any atom is 0.223 e. The molecule has 4 nitrogen and oxygen atoms in total. The Balaban J connectivity index is 1.68. The van der Waals surface area contributed by atoms with Crippen LogP contribution in [0.2, 0.25) is 0 Å². The molecule has 134 valence electrons. The normalized spacial score (nSPS) is 19.0. The molecule has 1 fully saturated rings. The third-order valence-electron chi connectivity index (χ3n) is 5.40. The van der Waals surface area contributed by atoms with Crippen LogP contribution in [0.3, 0.4) is 0 Å². The summed E-state index contributed by atoms with van der Waals surface area (Å²) in [5.74, 6) is 1.40. The maximum absolute atomic E-state index is 12.9. The van der Waals surface area contributed by atoms with E-state index in [0.717, 1.165) is 38.1 Å². The van der Waals surface area contributed by atoms with Gasteiger partial charge in [-0.15, -0.1) is 0 Å². The average molecular weight is 339 g/mol. The standard InChI is InChI=1S/C21H29N3O/c1-3-20-22-14-16-23(20)17(2)19-11-7-8-15-24(19)21(25)13-12-18-9-5-4-6-10-18/h4-6,9-10,14,16-17,19H,3,7-8,11-13,15H2,1-2H3. The molecule has 0 bridgehead atoms. The van der Waals surface area contributed by atoms with Crippen molar-refractivity contribution in [2.24, 2.45) is 0 Å². The summed E-state index contributed by atoms with van der Waals surface area (Å²) < 4.78 is 2.26. The highest BCUT2D eigenvalue weighted by Gasteiger charge is 2.31. The van der Waals surface area contributed by atoms with Gasteiger partial charge in [0, 0.05) is 31.8 Å². The van der Waals surface area contributed by atoms with Crippen molar-refractivity contribution in [3.8, 4) is 0 Å². The van der Waals surface area contributed by atoms with Gasteiger partial charge in [-0.1, -0.05) is 37.3 Å². The second-order valence-corrected chi connectivity index (χ2v) is 6.98. The van der Waals surface area contributed by atoms with E-state index in [1.54, 1.807) is 0 Å². The highest BCUT2D eigenvalue weighted by molar-refractivity contribution is 5.77. The summed E-state index contributed by atoms with van der Waals surface area (Å²) in [5.41, 5.74) is 1.24. The van der Waals surface area contributed by atoms with E-state index >= 15 is 0 Å². The number of hydrogen-bond donors (Lipinski definition) is 0. The predicted molar refractivity (Wildman–Crippen MR) is 100 cm³/mol. The minimum absolute atomic E-state index is 0.275. The molecule has 1 aliphatic rings. The van der Waals surface area contributed by atoms with E-state index in [-0.39, 0.29) is 12.1 Å². The van der Waals surface area contributed by atoms with E-state index in [4.69, 9.17) is 0 Å². The van der Waals surface area contributed by atoms with Gasteiger partial charge in [0.25, 0.3) is 0 Å². The molecule has 2 unspecified atom stereocenters. The van der Waals surface area contributed by atoms with Crippen LogP contribution in [-0.2, 0) is 17.6 Å². The Bertz CT molecular complexity index is 679. The summed E-state index contributed by atoms with van der Waals surface area (Å²) in [7, 11) is 0. The fourth-order valence-corrected chi connectivity index (χ4v) is 3.98. The van der Waals surface area contributed by atoms with Crippen molar-refractivity contribution in [3.05, 3.63) is 54.1 Å². The first-order valence-electron chi connectivity index (χ1n) is 9.55. The molecular formula is C21H29N3O. The number of amides is 1. The predicted octanol–water partition coefficient (Wildman–Crippen LogP) is 4.02. The molecule has 2 heterocycles. The molecule has 4 heteroatoms. The first-order chi connectivity index (χ1) is 12.2. The van der Waals surface area contributed by atoms with Gasteiger partial charge in [0.05, 0.1) is 12.1 Å². The fraction of sp³-hybridized carbons (Fsp3) is 0.524. The summed E-state index contributed by atoms with van der Waals surface area (Å²) in [5, 5.41) is 0. The summed E-state index contributed by atoms with van der Waals surface area (Å²) in [6.07, 6.45) is 9.68. The fourth-order valence-electron chi connectivity index (χ4n) is 3.98. The minimum Gasteiger partial charge on any atom is -0.338 e. The number of carbonyl (C=O) groups excluding carboxylic acids is 1. The molecule has 0 N–H and O–H groups in total. The Morgan fingerprint density at radius 2 is 2.08 bits per heavy atom. The summed E-state index contributed by atoms with van der Waals surface area (Å²) in [6.45, 7) is 5.25. The zero-order valence-corrected chi connectivity index (χ0v) is 15.4. The van der Waals surface area contributed by atoms with E-state index in [0.29, 0.717) is 12.3 Å². The van der Waals surface area contributed by atoms with Crippen LogP contribution in [-0.4, -0.2) is 32.9 Å². The number of aryl methyl sites for hydroxylation is 2. The van der Waals surface area contributed by atoms with Gasteiger partial charge in [0.1, 0.15) is 5.82 Å². The van der Waals surface area contributed by atoms with E-state index in [2.05, 4.69) is 46.6 Å². The summed E-state index contributed by atoms with van der Waals surface area (Å²) in [6, 6.07) is 10.8. The van der Waals surface area contributed by atoms with Crippen molar-refractivity contribution in [2.45, 2.75) is 64.5 Å². The van der Waals surface area contributed by atoms with Crippen molar-refractivity contribution in [1.82, 2.24) is 14.5 Å². The number of likely N-dealkylation sites (tertiary alicyclic amines) is 1. The van der Waals surface area contributed by atoms with Gasteiger partial charge < -0.3 is 9.47 Å². The molecule has 2 atom stereocenters. The van der Waals surface area contributed by atoms with Gasteiger partial charge in [0.2, 0.25) is 5.91 Å². The van der Waals surface area contributed by atoms with Crippen LogP contribution in [0.25, 0.3) is 0 Å². The Kier molecular flexibility index (Phi) is 5.90. The Morgan fingerprint density at radius 3 is 2.84 bits per heavy atom. The zero-order valence-electron chi connectivity index (χ0n) is 15.4. The van der Waals surface area contributed by atoms with Gasteiger partial charge in [-0.05, 0) is 38.2 Å². The molecule has 0 spiro atoms. The lowest BCUT2D eigenvalue weighted by Gasteiger charge is -2.40. The van der Waals surface area contributed by atoms with Crippen LogP contribution in [0.1, 0.15) is 57.0 Å². The molecule has 25 heavy (non-hydrogen) atoms. The summed E-state index contributed by atoms with van der Waals surface area (Å²) >= 11 is 0. The monoisotopic (exact) mass is 339 g/mol. The van der Waals surface area contributed by atoms with Crippen LogP contribution in [0, 0.1) is 0 Å². The Morgan fingerprint density at radius 1 is 1.28 bits per heavy atom. The molecule has 1 aromatic heterocycles. The number of benzene rings is 1. The minimum atomic E-state index is 0.275. The average Bonchev–Trinajstić information content (AvgIpc) is 3.15. The molecule has 1 saturated heterocycles. The van der Waals surface area contributed by atoms with Crippen molar-refractivity contribution in [1.29, 1.82) is 0 Å². The lowest BCUT2D eigenvalue weighted by atomic mass is 9.95. The smallest absolute Gasteiger partial charge is 0.223 e. The first kappa shape index (κ1) is 17.7. The maximum atomic E-state index is 12.9. The number of rotatable bonds is 6. The molecule has 0 aliphatic carbocycles. The molecule has 1 amide bonds. The third-order valence-corrected chi connectivity index (χ3v) is 5.40. The van der Waals surface area contributed by atoms with Crippen molar-refractivity contribution < 1.29 is 4.79 Å². The Hall–Kier alpha value is -2.10. The molecule has 1 aliphatic heterocycles. The van der Waals surface area contributed by atoms with Gasteiger partial charge in [0.15, 0.2) is 0 Å². The van der Waals surface area contributed by atoms with E-state index < -0.39 is 0 Å². The van der Waals surface area contributed by atoms with Crippen LogP contribution in [0.4, 0.5) is 0 Å². The van der Waals surface area contributed by atoms with Crippen molar-refractivity contribution >= 4 is 5.91 Å². The van der Waals surface area contributed by atoms with Gasteiger partial charge in [-0.25, -0.2) is 4.98 Å².